The van der Waals surface area contributed by atoms with Crippen molar-refractivity contribution in [3.8, 4) is 0 Å². The maximum atomic E-state index is 13.3. The van der Waals surface area contributed by atoms with Crippen molar-refractivity contribution in [3.63, 3.8) is 0 Å². The second-order valence-corrected chi connectivity index (χ2v) is 8.30. The normalized spacial score (nSPS) is 30.0. The maximum Gasteiger partial charge on any atom is 0.327 e. The molecule has 1 aromatic carbocycles. The number of nitrogens with one attached hydrogen (secondary N) is 1. The molecule has 1 N–H and O–H groups in total. The van der Waals surface area contributed by atoms with Gasteiger partial charge in [-0.25, -0.2) is 4.79 Å². The summed E-state index contributed by atoms with van der Waals surface area (Å²) in [6.45, 7) is 9.13. The molecule has 4 rings (SSSR count). The lowest BCUT2D eigenvalue weighted by atomic mass is 10.0. The lowest BCUT2D eigenvalue weighted by molar-refractivity contribution is -0.139. The van der Waals surface area contributed by atoms with E-state index in [1.165, 1.54) is 10.5 Å². The SMILES string of the molecule is CCOCCN1C(=O)C2C(NC3N(c4cccc(C)c4)CC(C)CN23)N(C)C1=O. The summed E-state index contributed by atoms with van der Waals surface area (Å²) < 4.78 is 5.39. The third-order valence-corrected chi connectivity index (χ3v) is 6.08. The molecule has 0 saturated carbocycles. The van der Waals surface area contributed by atoms with Gasteiger partial charge in [-0.3, -0.25) is 19.9 Å². The Balaban J connectivity index is 1.62. The second kappa shape index (κ2) is 7.93. The van der Waals surface area contributed by atoms with Gasteiger partial charge in [0, 0.05) is 32.4 Å². The van der Waals surface area contributed by atoms with Gasteiger partial charge in [-0.15, -0.1) is 0 Å². The van der Waals surface area contributed by atoms with Crippen LogP contribution in [-0.2, 0) is 9.53 Å². The minimum Gasteiger partial charge on any atom is -0.380 e. The number of urea groups is 1. The first-order chi connectivity index (χ1) is 13.9. The largest absolute Gasteiger partial charge is 0.380 e. The van der Waals surface area contributed by atoms with Gasteiger partial charge in [0.25, 0.3) is 5.91 Å². The predicted octanol–water partition coefficient (Wildman–Crippen LogP) is 1.27. The van der Waals surface area contributed by atoms with Crippen LogP contribution in [0.3, 0.4) is 0 Å². The predicted molar refractivity (Wildman–Crippen MR) is 110 cm³/mol. The molecule has 3 aliphatic rings. The lowest BCUT2D eigenvalue weighted by Gasteiger charge is -2.46. The molecule has 0 aromatic heterocycles. The monoisotopic (exact) mass is 401 g/mol. The topological polar surface area (TPSA) is 68.4 Å². The fourth-order valence-corrected chi connectivity index (χ4v) is 4.73. The number of likely N-dealkylation sites (N-methyl/N-ethyl adjacent to an activating group) is 1. The van der Waals surface area contributed by atoms with Crippen LogP contribution in [0.5, 0.6) is 0 Å². The van der Waals surface area contributed by atoms with Crippen LogP contribution in [0.15, 0.2) is 24.3 Å². The molecule has 8 heteroatoms. The Morgan fingerprint density at radius 1 is 1.24 bits per heavy atom. The van der Waals surface area contributed by atoms with Crippen LogP contribution in [0.1, 0.15) is 19.4 Å². The molecular formula is C21H31N5O3. The Hall–Kier alpha value is -2.16. The highest BCUT2D eigenvalue weighted by Crippen LogP contribution is 2.34. The maximum absolute atomic E-state index is 13.3. The molecule has 4 unspecified atom stereocenters. The van der Waals surface area contributed by atoms with Gasteiger partial charge in [0.1, 0.15) is 18.5 Å². The van der Waals surface area contributed by atoms with E-state index in [0.717, 1.165) is 18.8 Å². The van der Waals surface area contributed by atoms with Gasteiger partial charge >= 0.3 is 6.03 Å². The molecule has 4 atom stereocenters. The number of nitrogens with zero attached hydrogens (tertiary/aromatic N) is 4. The zero-order chi connectivity index (χ0) is 20.7. The fraction of sp³-hybridized carbons (Fsp3) is 0.619. The molecule has 3 amide bonds. The summed E-state index contributed by atoms with van der Waals surface area (Å²) in [4.78, 5) is 33.7. The smallest absolute Gasteiger partial charge is 0.327 e. The van der Waals surface area contributed by atoms with Crippen molar-refractivity contribution in [2.45, 2.75) is 39.3 Å². The fourth-order valence-electron chi connectivity index (χ4n) is 4.73. The highest BCUT2D eigenvalue weighted by atomic mass is 16.5. The summed E-state index contributed by atoms with van der Waals surface area (Å²) in [7, 11) is 1.77. The Kier molecular flexibility index (Phi) is 5.50. The number of carbonyl (C=O) groups excluding carboxylic acids is 2. The van der Waals surface area contributed by atoms with E-state index in [1.54, 1.807) is 11.9 Å². The zero-order valence-electron chi connectivity index (χ0n) is 17.7. The lowest BCUT2D eigenvalue weighted by Crippen LogP contribution is -2.67. The minimum absolute atomic E-state index is 0.117. The van der Waals surface area contributed by atoms with Crippen LogP contribution < -0.4 is 10.2 Å². The number of anilines is 1. The van der Waals surface area contributed by atoms with Gasteiger partial charge in [-0.2, -0.15) is 0 Å². The molecule has 3 aliphatic heterocycles. The van der Waals surface area contributed by atoms with Crippen LogP contribution in [0.25, 0.3) is 0 Å². The second-order valence-electron chi connectivity index (χ2n) is 8.30. The molecule has 1 aromatic rings. The van der Waals surface area contributed by atoms with Crippen LogP contribution in [0.4, 0.5) is 10.5 Å². The van der Waals surface area contributed by atoms with Gasteiger partial charge in [-0.05, 0) is 37.5 Å². The van der Waals surface area contributed by atoms with Crippen LogP contribution >= 0.6 is 0 Å². The zero-order valence-corrected chi connectivity index (χ0v) is 17.7. The molecule has 29 heavy (non-hydrogen) atoms. The third kappa shape index (κ3) is 3.49. The van der Waals surface area contributed by atoms with E-state index in [-0.39, 0.29) is 37.0 Å². The van der Waals surface area contributed by atoms with E-state index in [2.05, 4.69) is 53.2 Å². The molecular weight excluding hydrogens is 370 g/mol. The van der Waals surface area contributed by atoms with Crippen LogP contribution in [0, 0.1) is 12.8 Å². The van der Waals surface area contributed by atoms with Crippen molar-refractivity contribution in [3.05, 3.63) is 29.8 Å². The Morgan fingerprint density at radius 3 is 2.76 bits per heavy atom. The quantitative estimate of drug-likeness (QED) is 0.750. The Labute approximate surface area is 172 Å². The average molecular weight is 402 g/mol. The molecule has 8 nitrogen and oxygen atoms in total. The van der Waals surface area contributed by atoms with E-state index < -0.39 is 0 Å². The summed E-state index contributed by atoms with van der Waals surface area (Å²) >= 11 is 0. The number of amides is 3. The van der Waals surface area contributed by atoms with E-state index in [1.807, 2.05) is 6.92 Å². The molecule has 3 saturated heterocycles. The molecule has 158 valence electrons. The van der Waals surface area contributed by atoms with Crippen molar-refractivity contribution < 1.29 is 14.3 Å². The number of benzene rings is 1. The Morgan fingerprint density at radius 2 is 2.03 bits per heavy atom. The number of hydrogen-bond donors (Lipinski definition) is 1. The number of imide groups is 1. The van der Waals surface area contributed by atoms with E-state index >= 15 is 0 Å². The van der Waals surface area contributed by atoms with Crippen molar-refractivity contribution in [1.82, 2.24) is 20.0 Å². The summed E-state index contributed by atoms with van der Waals surface area (Å²) in [6, 6.07) is 7.77. The van der Waals surface area contributed by atoms with Crippen molar-refractivity contribution in [1.29, 1.82) is 0 Å². The number of rotatable bonds is 5. The first-order valence-electron chi connectivity index (χ1n) is 10.4. The van der Waals surface area contributed by atoms with E-state index in [9.17, 15) is 9.59 Å². The van der Waals surface area contributed by atoms with Gasteiger partial charge in [-0.1, -0.05) is 19.1 Å². The van der Waals surface area contributed by atoms with Gasteiger partial charge in [0.15, 0.2) is 0 Å². The van der Waals surface area contributed by atoms with Crippen LogP contribution in [0.2, 0.25) is 0 Å². The molecule has 0 bridgehead atoms. The van der Waals surface area contributed by atoms with Gasteiger partial charge in [0.2, 0.25) is 0 Å². The van der Waals surface area contributed by atoms with E-state index in [4.69, 9.17) is 4.74 Å². The average Bonchev–Trinajstić information content (AvgIpc) is 3.08. The third-order valence-electron chi connectivity index (χ3n) is 6.08. The molecule has 3 heterocycles. The highest BCUT2D eigenvalue weighted by molar-refractivity contribution is 6.00. The van der Waals surface area contributed by atoms with Crippen molar-refractivity contribution >= 4 is 17.6 Å². The Bertz CT molecular complexity index is 787. The van der Waals surface area contributed by atoms with Crippen LogP contribution in [-0.4, -0.2) is 85.0 Å². The van der Waals surface area contributed by atoms with Gasteiger partial charge < -0.3 is 14.5 Å². The number of ether oxygens (including phenoxy) is 1. The number of aryl methyl sites for hydroxylation is 1. The van der Waals surface area contributed by atoms with Crippen molar-refractivity contribution in [2.24, 2.45) is 5.92 Å². The molecule has 3 fully saturated rings. The summed E-state index contributed by atoms with van der Waals surface area (Å²) in [5.41, 5.74) is 2.33. The summed E-state index contributed by atoms with van der Waals surface area (Å²) in [5, 5.41) is 3.56. The minimum atomic E-state index is -0.389. The van der Waals surface area contributed by atoms with E-state index in [0.29, 0.717) is 19.1 Å². The first-order valence-corrected chi connectivity index (χ1v) is 10.4. The molecule has 0 radical (unpaired) electrons. The first kappa shape index (κ1) is 20.1. The molecule has 0 spiro atoms. The summed E-state index contributed by atoms with van der Waals surface area (Å²) in [5.74, 6) is 0.269. The number of fused-ring (bicyclic) bond motifs is 3. The molecule has 0 aliphatic carbocycles. The van der Waals surface area contributed by atoms with Crippen molar-refractivity contribution in [2.75, 3.05) is 44.8 Å². The highest BCUT2D eigenvalue weighted by Gasteiger charge is 2.56. The number of carbonyl (C=O) groups is 2. The number of hydrogen-bond acceptors (Lipinski definition) is 6. The standard InChI is InChI=1S/C21H31N5O3/c1-5-29-10-9-24-19(27)17-18(23(4)21(24)28)22-20-25(12-15(3)13-26(17)20)16-8-6-7-14(2)11-16/h6-8,11,15,17-18,20,22H,5,9-10,12-13H2,1-4H3. The summed E-state index contributed by atoms with van der Waals surface area (Å²) in [6.07, 6.45) is -0.449. The van der Waals surface area contributed by atoms with Gasteiger partial charge in [0.05, 0.1) is 13.2 Å².